The van der Waals surface area contributed by atoms with Crippen molar-refractivity contribution in [2.24, 2.45) is 0 Å². The molecule has 9 heteroatoms. The Morgan fingerprint density at radius 2 is 2.03 bits per heavy atom. The summed E-state index contributed by atoms with van der Waals surface area (Å²) in [6.45, 7) is 3.75. The fourth-order valence-electron chi connectivity index (χ4n) is 3.43. The van der Waals surface area contributed by atoms with Gasteiger partial charge < -0.3 is 10.2 Å². The van der Waals surface area contributed by atoms with Crippen molar-refractivity contribution in [3.63, 3.8) is 0 Å². The molecule has 1 aliphatic heterocycles. The Hall–Kier alpha value is -3.36. The highest BCUT2D eigenvalue weighted by molar-refractivity contribution is 6.08. The maximum atomic E-state index is 13.8. The standard InChI is InChI=1S/C21H22F2N6O/c1-13(2)16-4-3-14(11-25-16)20(30)27-18-15(17-6-9-26-28-17)5-8-24-19(18)29-10-7-21(22,23)12-29/h3-6,8-9,11,13H,7,10,12H2,1-2H3,(H,26,28)(H,27,30). The lowest BCUT2D eigenvalue weighted by molar-refractivity contribution is 0.0257. The van der Waals surface area contributed by atoms with Gasteiger partial charge in [-0.1, -0.05) is 13.8 Å². The van der Waals surface area contributed by atoms with Crippen molar-refractivity contribution in [3.8, 4) is 11.3 Å². The van der Waals surface area contributed by atoms with Gasteiger partial charge in [-0.2, -0.15) is 5.10 Å². The second-order valence-electron chi connectivity index (χ2n) is 7.64. The first-order valence-electron chi connectivity index (χ1n) is 9.73. The minimum atomic E-state index is -2.79. The molecule has 0 radical (unpaired) electrons. The van der Waals surface area contributed by atoms with Crippen LogP contribution in [0, 0.1) is 0 Å². The SMILES string of the molecule is CC(C)c1ccc(C(=O)Nc2c(-c3ccn[nH]3)ccnc2N2CCC(F)(F)C2)cn1. The summed E-state index contributed by atoms with van der Waals surface area (Å²) in [5.74, 6) is -2.63. The van der Waals surface area contributed by atoms with Gasteiger partial charge in [0, 0.05) is 42.8 Å². The van der Waals surface area contributed by atoms with Crippen molar-refractivity contribution in [1.29, 1.82) is 0 Å². The molecule has 7 nitrogen and oxygen atoms in total. The highest BCUT2D eigenvalue weighted by Crippen LogP contribution is 2.38. The average Bonchev–Trinajstić information content (AvgIpc) is 3.37. The smallest absolute Gasteiger partial charge is 0.266 e. The summed E-state index contributed by atoms with van der Waals surface area (Å²) in [5, 5.41) is 9.67. The molecule has 1 fully saturated rings. The number of aromatic amines is 1. The fraction of sp³-hybridized carbons (Fsp3) is 0.333. The number of anilines is 2. The second-order valence-corrected chi connectivity index (χ2v) is 7.64. The van der Waals surface area contributed by atoms with Gasteiger partial charge in [0.05, 0.1) is 23.5 Å². The molecule has 0 atom stereocenters. The van der Waals surface area contributed by atoms with E-state index in [1.54, 1.807) is 30.5 Å². The maximum Gasteiger partial charge on any atom is 0.266 e. The lowest BCUT2D eigenvalue weighted by atomic mass is 10.1. The Labute approximate surface area is 172 Å². The van der Waals surface area contributed by atoms with E-state index >= 15 is 0 Å². The van der Waals surface area contributed by atoms with E-state index in [4.69, 9.17) is 0 Å². The molecule has 0 saturated carbocycles. The Balaban J connectivity index is 1.70. The number of amides is 1. The van der Waals surface area contributed by atoms with E-state index in [1.807, 2.05) is 13.8 Å². The predicted octanol–water partition coefficient (Wildman–Crippen LogP) is 4.09. The van der Waals surface area contributed by atoms with Crippen LogP contribution in [0.25, 0.3) is 11.3 Å². The molecule has 3 aromatic heterocycles. The number of pyridine rings is 2. The van der Waals surface area contributed by atoms with Crippen LogP contribution in [0.3, 0.4) is 0 Å². The van der Waals surface area contributed by atoms with Gasteiger partial charge in [0.1, 0.15) is 0 Å². The lowest BCUT2D eigenvalue weighted by Gasteiger charge is -2.22. The van der Waals surface area contributed by atoms with Crippen molar-refractivity contribution in [2.45, 2.75) is 32.1 Å². The zero-order chi connectivity index (χ0) is 21.3. The third-order valence-electron chi connectivity index (χ3n) is 5.07. The third-order valence-corrected chi connectivity index (χ3v) is 5.07. The predicted molar refractivity (Wildman–Crippen MR) is 110 cm³/mol. The molecule has 0 unspecified atom stereocenters. The van der Waals surface area contributed by atoms with Crippen LogP contribution in [0.5, 0.6) is 0 Å². The highest BCUT2D eigenvalue weighted by Gasteiger charge is 2.40. The molecule has 4 rings (SSSR count). The highest BCUT2D eigenvalue weighted by atomic mass is 19.3. The van der Waals surface area contributed by atoms with E-state index in [-0.39, 0.29) is 18.9 Å². The number of nitrogens with zero attached hydrogens (tertiary/aromatic N) is 4. The van der Waals surface area contributed by atoms with Crippen molar-refractivity contribution in [2.75, 3.05) is 23.3 Å². The molecule has 156 valence electrons. The van der Waals surface area contributed by atoms with Gasteiger partial charge in [-0.3, -0.25) is 14.9 Å². The summed E-state index contributed by atoms with van der Waals surface area (Å²) >= 11 is 0. The maximum absolute atomic E-state index is 13.8. The first-order valence-corrected chi connectivity index (χ1v) is 9.73. The van der Waals surface area contributed by atoms with Gasteiger partial charge in [0.25, 0.3) is 11.8 Å². The van der Waals surface area contributed by atoms with Gasteiger partial charge >= 0.3 is 0 Å². The van der Waals surface area contributed by atoms with Gasteiger partial charge in [0.2, 0.25) is 0 Å². The van der Waals surface area contributed by atoms with E-state index in [0.29, 0.717) is 28.3 Å². The molecule has 2 N–H and O–H groups in total. The summed E-state index contributed by atoms with van der Waals surface area (Å²) < 4.78 is 27.7. The lowest BCUT2D eigenvalue weighted by Crippen LogP contribution is -2.27. The van der Waals surface area contributed by atoms with Gasteiger partial charge in [-0.25, -0.2) is 13.8 Å². The first kappa shape index (κ1) is 19.9. The normalized spacial score (nSPS) is 15.6. The molecule has 0 aromatic carbocycles. The van der Waals surface area contributed by atoms with Crippen molar-refractivity contribution in [1.82, 2.24) is 20.2 Å². The van der Waals surface area contributed by atoms with Crippen LogP contribution < -0.4 is 10.2 Å². The van der Waals surface area contributed by atoms with E-state index in [1.165, 1.54) is 17.3 Å². The summed E-state index contributed by atoms with van der Waals surface area (Å²) in [5.41, 5.74) is 2.88. The van der Waals surface area contributed by atoms with Gasteiger partial charge in [-0.15, -0.1) is 0 Å². The van der Waals surface area contributed by atoms with Crippen LogP contribution in [0.4, 0.5) is 20.3 Å². The molecule has 1 amide bonds. The number of carbonyl (C=O) groups is 1. The molecular formula is C21H22F2N6O. The monoisotopic (exact) mass is 412 g/mol. The number of alkyl halides is 2. The van der Waals surface area contributed by atoms with Crippen molar-refractivity contribution < 1.29 is 13.6 Å². The Kier molecular flexibility index (Phi) is 5.19. The van der Waals surface area contributed by atoms with Crippen molar-refractivity contribution in [3.05, 3.63) is 54.1 Å². The molecule has 0 bridgehead atoms. The summed E-state index contributed by atoms with van der Waals surface area (Å²) in [7, 11) is 0. The molecule has 3 aromatic rings. The number of hydrogen-bond acceptors (Lipinski definition) is 5. The number of halogens is 2. The molecule has 4 heterocycles. The zero-order valence-electron chi connectivity index (χ0n) is 16.7. The van der Waals surface area contributed by atoms with Crippen LogP contribution in [0.2, 0.25) is 0 Å². The number of nitrogens with one attached hydrogen (secondary N) is 2. The number of carbonyl (C=O) groups excluding carboxylic acids is 1. The second kappa shape index (κ2) is 7.81. The molecule has 30 heavy (non-hydrogen) atoms. The fourth-order valence-corrected chi connectivity index (χ4v) is 3.43. The van der Waals surface area contributed by atoms with E-state index in [0.717, 1.165) is 5.69 Å². The van der Waals surface area contributed by atoms with Gasteiger partial charge in [-0.05, 0) is 30.2 Å². The third kappa shape index (κ3) is 4.00. The van der Waals surface area contributed by atoms with E-state index in [2.05, 4.69) is 25.5 Å². The zero-order valence-corrected chi connectivity index (χ0v) is 16.7. The number of rotatable bonds is 5. The number of H-pyrrole nitrogens is 1. The van der Waals surface area contributed by atoms with Crippen LogP contribution in [-0.4, -0.2) is 45.1 Å². The Morgan fingerprint density at radius 3 is 2.63 bits per heavy atom. The van der Waals surface area contributed by atoms with Crippen LogP contribution in [0.1, 0.15) is 42.2 Å². The summed E-state index contributed by atoms with van der Waals surface area (Å²) in [4.78, 5) is 23.1. The largest absolute Gasteiger partial charge is 0.349 e. The minimum Gasteiger partial charge on any atom is -0.349 e. The Morgan fingerprint density at radius 1 is 1.20 bits per heavy atom. The molecule has 0 aliphatic carbocycles. The first-order chi connectivity index (χ1) is 14.3. The minimum absolute atomic E-state index is 0.153. The Bertz CT molecular complexity index is 1030. The molecule has 1 aliphatic rings. The van der Waals surface area contributed by atoms with E-state index in [9.17, 15) is 13.6 Å². The summed E-state index contributed by atoms with van der Waals surface area (Å²) in [6, 6.07) is 6.96. The topological polar surface area (TPSA) is 86.8 Å². The van der Waals surface area contributed by atoms with Crippen molar-refractivity contribution >= 4 is 17.4 Å². The van der Waals surface area contributed by atoms with Crippen LogP contribution in [0.15, 0.2) is 42.9 Å². The molecule has 1 saturated heterocycles. The van der Waals surface area contributed by atoms with Crippen LogP contribution >= 0.6 is 0 Å². The average molecular weight is 412 g/mol. The van der Waals surface area contributed by atoms with Crippen LogP contribution in [-0.2, 0) is 0 Å². The van der Waals surface area contributed by atoms with E-state index < -0.39 is 18.4 Å². The molecular weight excluding hydrogens is 390 g/mol. The van der Waals surface area contributed by atoms with Gasteiger partial charge in [0.15, 0.2) is 5.82 Å². The molecule has 0 spiro atoms. The number of aromatic nitrogens is 4. The summed E-state index contributed by atoms with van der Waals surface area (Å²) in [6.07, 6.45) is 4.38. The quantitative estimate of drug-likeness (QED) is 0.659. The number of hydrogen-bond donors (Lipinski definition) is 2.